The van der Waals surface area contributed by atoms with Gasteiger partial charge in [-0.1, -0.05) is 27.5 Å². The number of hydrazine groups is 1. The molecule has 0 saturated carbocycles. The summed E-state index contributed by atoms with van der Waals surface area (Å²) in [6, 6.07) is 12.5. The lowest BCUT2D eigenvalue weighted by Gasteiger charge is -2.12. The van der Waals surface area contributed by atoms with Gasteiger partial charge in [-0.25, -0.2) is 5.84 Å². The van der Waals surface area contributed by atoms with Crippen molar-refractivity contribution >= 4 is 39.1 Å². The molecular formula is C15H15BrClN3O2. The maximum absolute atomic E-state index is 11.7. The van der Waals surface area contributed by atoms with Crippen molar-refractivity contribution in [1.82, 2.24) is 5.43 Å². The van der Waals surface area contributed by atoms with E-state index in [9.17, 15) is 4.79 Å². The Balaban J connectivity index is 1.91. The molecule has 0 bridgehead atoms. The number of amides is 1. The number of hydrogen-bond acceptors (Lipinski definition) is 4. The van der Waals surface area contributed by atoms with Gasteiger partial charge in [0.25, 0.3) is 5.91 Å². The van der Waals surface area contributed by atoms with Crippen molar-refractivity contribution in [2.24, 2.45) is 5.84 Å². The minimum Gasteiger partial charge on any atom is -0.492 e. The summed E-state index contributed by atoms with van der Waals surface area (Å²) in [7, 11) is 0. The largest absolute Gasteiger partial charge is 0.492 e. The van der Waals surface area contributed by atoms with Crippen LogP contribution in [0.25, 0.3) is 0 Å². The number of nitrogen functional groups attached to an aromatic ring is 1. The Labute approximate surface area is 141 Å². The average Bonchev–Trinajstić information content (AvgIpc) is 2.53. The van der Waals surface area contributed by atoms with E-state index >= 15 is 0 Å². The molecule has 0 atom stereocenters. The quantitative estimate of drug-likeness (QED) is 0.309. The first-order valence-corrected chi connectivity index (χ1v) is 7.70. The lowest BCUT2D eigenvalue weighted by Crippen LogP contribution is -2.30. The third-order valence-corrected chi connectivity index (χ3v) is 3.60. The predicted octanol–water partition coefficient (Wildman–Crippen LogP) is 3.20. The van der Waals surface area contributed by atoms with Gasteiger partial charge in [0.05, 0.1) is 5.56 Å². The molecule has 0 unspecified atom stereocenters. The number of carbonyl (C=O) groups is 1. The van der Waals surface area contributed by atoms with Gasteiger partial charge in [-0.15, -0.1) is 0 Å². The molecule has 0 saturated heterocycles. The molecule has 2 aromatic rings. The number of hydrogen-bond donors (Lipinski definition) is 3. The fourth-order valence-corrected chi connectivity index (χ4v) is 2.31. The number of halogens is 2. The van der Waals surface area contributed by atoms with Gasteiger partial charge in [-0.2, -0.15) is 0 Å². The summed E-state index contributed by atoms with van der Waals surface area (Å²) in [6.07, 6.45) is 0. The highest BCUT2D eigenvalue weighted by atomic mass is 79.9. The second kappa shape index (κ2) is 8.03. The van der Waals surface area contributed by atoms with Crippen molar-refractivity contribution in [1.29, 1.82) is 0 Å². The van der Waals surface area contributed by atoms with Crippen LogP contribution in [0.5, 0.6) is 5.75 Å². The summed E-state index contributed by atoms with van der Waals surface area (Å²) >= 11 is 9.13. The first kappa shape index (κ1) is 16.6. The Morgan fingerprint density at radius 2 is 1.95 bits per heavy atom. The van der Waals surface area contributed by atoms with Crippen molar-refractivity contribution < 1.29 is 9.53 Å². The maximum Gasteiger partial charge on any atom is 0.267 e. The van der Waals surface area contributed by atoms with Gasteiger partial charge in [-0.05, 0) is 42.5 Å². The van der Waals surface area contributed by atoms with Gasteiger partial charge in [-0.3, -0.25) is 10.2 Å². The molecule has 2 aromatic carbocycles. The van der Waals surface area contributed by atoms with Gasteiger partial charge < -0.3 is 10.1 Å². The standard InChI is InChI=1S/C15H15BrClN3O2/c16-10-1-6-14(13(9-10)15(21)20-18)19-7-8-22-12-4-2-11(17)3-5-12/h1-6,9,19H,7-8,18H2,(H,20,21). The topological polar surface area (TPSA) is 76.4 Å². The second-order valence-corrected chi connectivity index (χ2v) is 5.74. The van der Waals surface area contributed by atoms with Crippen molar-refractivity contribution in [3.05, 3.63) is 57.5 Å². The zero-order valence-electron chi connectivity index (χ0n) is 11.6. The highest BCUT2D eigenvalue weighted by Gasteiger charge is 2.10. The van der Waals surface area contributed by atoms with Crippen LogP contribution in [0, 0.1) is 0 Å². The van der Waals surface area contributed by atoms with E-state index in [4.69, 9.17) is 22.2 Å². The van der Waals surface area contributed by atoms with E-state index in [1.165, 1.54) is 0 Å². The van der Waals surface area contributed by atoms with Crippen molar-refractivity contribution in [3.63, 3.8) is 0 Å². The Bertz CT molecular complexity index is 650. The maximum atomic E-state index is 11.7. The van der Waals surface area contributed by atoms with Gasteiger partial charge in [0.1, 0.15) is 12.4 Å². The van der Waals surface area contributed by atoms with Crippen LogP contribution in [-0.4, -0.2) is 19.1 Å². The molecule has 7 heteroatoms. The van der Waals surface area contributed by atoms with Crippen LogP contribution in [0.1, 0.15) is 10.4 Å². The van der Waals surface area contributed by atoms with Crippen molar-refractivity contribution in [3.8, 4) is 5.75 Å². The van der Waals surface area contributed by atoms with E-state index < -0.39 is 0 Å². The van der Waals surface area contributed by atoms with Crippen LogP contribution < -0.4 is 21.3 Å². The van der Waals surface area contributed by atoms with Crippen LogP contribution in [0.4, 0.5) is 5.69 Å². The van der Waals surface area contributed by atoms with Gasteiger partial charge in [0.15, 0.2) is 0 Å². The van der Waals surface area contributed by atoms with E-state index in [0.717, 1.165) is 10.2 Å². The van der Waals surface area contributed by atoms with Gasteiger partial charge >= 0.3 is 0 Å². The number of ether oxygens (including phenoxy) is 1. The third-order valence-electron chi connectivity index (χ3n) is 2.86. The summed E-state index contributed by atoms with van der Waals surface area (Å²) < 4.78 is 6.38. The Morgan fingerprint density at radius 3 is 2.64 bits per heavy atom. The van der Waals surface area contributed by atoms with E-state index in [1.54, 1.807) is 36.4 Å². The third kappa shape index (κ3) is 4.62. The molecule has 0 aromatic heterocycles. The molecular weight excluding hydrogens is 370 g/mol. The summed E-state index contributed by atoms with van der Waals surface area (Å²) in [5, 5.41) is 3.81. The normalized spacial score (nSPS) is 10.1. The fourth-order valence-electron chi connectivity index (χ4n) is 1.82. The van der Waals surface area contributed by atoms with Crippen molar-refractivity contribution in [2.75, 3.05) is 18.5 Å². The van der Waals surface area contributed by atoms with Crippen LogP contribution in [-0.2, 0) is 0 Å². The molecule has 0 aliphatic heterocycles. The number of anilines is 1. The molecule has 0 radical (unpaired) electrons. The molecule has 4 N–H and O–H groups in total. The molecule has 5 nitrogen and oxygen atoms in total. The lowest BCUT2D eigenvalue weighted by atomic mass is 10.1. The van der Waals surface area contributed by atoms with E-state index in [0.29, 0.717) is 29.4 Å². The molecule has 0 fully saturated rings. The van der Waals surface area contributed by atoms with E-state index in [2.05, 4.69) is 26.7 Å². The minimum atomic E-state index is -0.359. The average molecular weight is 385 g/mol. The molecule has 0 spiro atoms. The summed E-state index contributed by atoms with van der Waals surface area (Å²) in [4.78, 5) is 11.7. The van der Waals surface area contributed by atoms with E-state index in [-0.39, 0.29) is 5.91 Å². The zero-order valence-corrected chi connectivity index (χ0v) is 13.9. The highest BCUT2D eigenvalue weighted by molar-refractivity contribution is 9.10. The van der Waals surface area contributed by atoms with Crippen LogP contribution in [0.15, 0.2) is 46.9 Å². The molecule has 0 aliphatic carbocycles. The lowest BCUT2D eigenvalue weighted by molar-refractivity contribution is 0.0954. The molecule has 1 amide bonds. The number of nitrogens with one attached hydrogen (secondary N) is 2. The number of carbonyl (C=O) groups excluding carboxylic acids is 1. The molecule has 22 heavy (non-hydrogen) atoms. The number of nitrogens with two attached hydrogens (primary N) is 1. The SMILES string of the molecule is NNC(=O)c1cc(Br)ccc1NCCOc1ccc(Cl)cc1. The van der Waals surface area contributed by atoms with Crippen LogP contribution >= 0.6 is 27.5 Å². The van der Waals surface area contributed by atoms with Gasteiger partial charge in [0, 0.05) is 21.7 Å². The van der Waals surface area contributed by atoms with E-state index in [1.807, 2.05) is 6.07 Å². The first-order valence-electron chi connectivity index (χ1n) is 6.53. The Hall–Kier alpha value is -1.76. The Morgan fingerprint density at radius 1 is 1.23 bits per heavy atom. The molecule has 0 aliphatic rings. The van der Waals surface area contributed by atoms with Crippen LogP contribution in [0.2, 0.25) is 5.02 Å². The number of rotatable bonds is 6. The minimum absolute atomic E-state index is 0.359. The predicted molar refractivity (Wildman–Crippen MR) is 91.2 cm³/mol. The molecule has 116 valence electrons. The monoisotopic (exact) mass is 383 g/mol. The summed E-state index contributed by atoms with van der Waals surface area (Å²) in [5.74, 6) is 5.57. The van der Waals surface area contributed by atoms with Crippen LogP contribution in [0.3, 0.4) is 0 Å². The summed E-state index contributed by atoms with van der Waals surface area (Å²) in [5.41, 5.74) is 3.27. The molecule has 2 rings (SSSR count). The fraction of sp³-hybridized carbons (Fsp3) is 0.133. The Kier molecular flexibility index (Phi) is 6.06. The summed E-state index contributed by atoms with van der Waals surface area (Å²) in [6.45, 7) is 0.983. The highest BCUT2D eigenvalue weighted by Crippen LogP contribution is 2.21. The second-order valence-electron chi connectivity index (χ2n) is 4.39. The number of benzene rings is 2. The molecule has 0 heterocycles. The first-order chi connectivity index (χ1) is 10.6. The zero-order chi connectivity index (χ0) is 15.9. The van der Waals surface area contributed by atoms with Crippen molar-refractivity contribution in [2.45, 2.75) is 0 Å². The smallest absolute Gasteiger partial charge is 0.267 e. The van der Waals surface area contributed by atoms with Gasteiger partial charge in [0.2, 0.25) is 0 Å².